The minimum atomic E-state index is -0.624. The summed E-state index contributed by atoms with van der Waals surface area (Å²) >= 11 is 0. The number of nitrogens with two attached hydrogens (primary N) is 1. The van der Waals surface area contributed by atoms with Crippen molar-refractivity contribution < 1.29 is 8.78 Å². The van der Waals surface area contributed by atoms with Gasteiger partial charge in [-0.3, -0.25) is 0 Å². The lowest BCUT2D eigenvalue weighted by Crippen LogP contribution is -2.30. The van der Waals surface area contributed by atoms with Gasteiger partial charge in [0.1, 0.15) is 11.6 Å². The molecular formula is C15H13F2N. The van der Waals surface area contributed by atoms with Crippen LogP contribution >= 0.6 is 0 Å². The molecule has 0 saturated heterocycles. The summed E-state index contributed by atoms with van der Waals surface area (Å²) in [5.74, 6) is -1.12. The third-order valence-corrected chi connectivity index (χ3v) is 3.66. The Morgan fingerprint density at radius 1 is 1.00 bits per heavy atom. The van der Waals surface area contributed by atoms with Crippen LogP contribution in [0.25, 0.3) is 0 Å². The monoisotopic (exact) mass is 245 g/mol. The second kappa shape index (κ2) is 4.18. The highest BCUT2D eigenvalue weighted by molar-refractivity contribution is 5.43. The maximum atomic E-state index is 13.7. The Morgan fingerprint density at radius 3 is 2.33 bits per heavy atom. The molecule has 1 aliphatic rings. The number of halogens is 2. The van der Waals surface area contributed by atoms with Gasteiger partial charge in [-0.15, -0.1) is 0 Å². The normalized spacial score (nSPS) is 18.9. The largest absolute Gasteiger partial charge is 0.323 e. The Hall–Kier alpha value is -1.74. The third-order valence-electron chi connectivity index (χ3n) is 3.66. The fraction of sp³-hybridized carbons (Fsp3) is 0.200. The zero-order valence-electron chi connectivity index (χ0n) is 9.74. The summed E-state index contributed by atoms with van der Waals surface area (Å²) in [5, 5.41) is 0. The van der Waals surface area contributed by atoms with E-state index in [0.717, 1.165) is 12.0 Å². The van der Waals surface area contributed by atoms with Gasteiger partial charge in [0.15, 0.2) is 0 Å². The van der Waals surface area contributed by atoms with Crippen LogP contribution in [0, 0.1) is 11.6 Å². The third kappa shape index (κ3) is 1.63. The molecule has 1 nitrogen and oxygen atoms in total. The van der Waals surface area contributed by atoms with Crippen LogP contribution in [-0.2, 0) is 6.42 Å². The van der Waals surface area contributed by atoms with E-state index in [-0.39, 0.29) is 11.5 Å². The van der Waals surface area contributed by atoms with E-state index >= 15 is 0 Å². The fourth-order valence-corrected chi connectivity index (χ4v) is 2.65. The summed E-state index contributed by atoms with van der Waals surface area (Å²) in [5.41, 5.74) is 8.36. The van der Waals surface area contributed by atoms with E-state index in [9.17, 15) is 8.78 Å². The second-order valence-corrected chi connectivity index (χ2v) is 4.67. The van der Waals surface area contributed by atoms with E-state index in [2.05, 4.69) is 0 Å². The van der Waals surface area contributed by atoms with Crippen LogP contribution in [0.3, 0.4) is 0 Å². The molecule has 3 rings (SSSR count). The molecule has 3 heteroatoms. The number of fused-ring (bicyclic) bond motifs is 1. The number of hydrogen-bond donors (Lipinski definition) is 1. The SMILES string of the molecule is NC(c1c(F)cccc1F)C1Cc2ccccc21. The van der Waals surface area contributed by atoms with E-state index in [0.29, 0.717) is 0 Å². The van der Waals surface area contributed by atoms with Gasteiger partial charge in [0.2, 0.25) is 0 Å². The molecule has 2 unspecified atom stereocenters. The van der Waals surface area contributed by atoms with Crippen LogP contribution in [0.1, 0.15) is 28.7 Å². The van der Waals surface area contributed by atoms with Gasteiger partial charge in [-0.1, -0.05) is 30.3 Å². The lowest BCUT2D eigenvalue weighted by atomic mass is 9.72. The van der Waals surface area contributed by atoms with E-state index in [1.807, 2.05) is 24.3 Å². The van der Waals surface area contributed by atoms with Crippen LogP contribution in [-0.4, -0.2) is 0 Å². The van der Waals surface area contributed by atoms with Gasteiger partial charge in [-0.25, -0.2) is 8.78 Å². The number of benzene rings is 2. The van der Waals surface area contributed by atoms with Crippen molar-refractivity contribution in [2.24, 2.45) is 5.73 Å². The first kappa shape index (κ1) is 11.4. The minimum absolute atomic E-state index is 0.00277. The summed E-state index contributed by atoms with van der Waals surface area (Å²) in [6.45, 7) is 0. The highest BCUT2D eigenvalue weighted by Crippen LogP contribution is 2.43. The van der Waals surface area contributed by atoms with E-state index in [4.69, 9.17) is 5.73 Å². The Morgan fingerprint density at radius 2 is 1.67 bits per heavy atom. The molecule has 1 aliphatic carbocycles. The molecule has 0 bridgehead atoms. The van der Waals surface area contributed by atoms with E-state index < -0.39 is 17.7 Å². The first-order chi connectivity index (χ1) is 8.68. The average Bonchev–Trinajstić information content (AvgIpc) is 2.30. The van der Waals surface area contributed by atoms with Crippen LogP contribution in [0.2, 0.25) is 0 Å². The molecular weight excluding hydrogens is 232 g/mol. The van der Waals surface area contributed by atoms with Crippen molar-refractivity contribution in [3.8, 4) is 0 Å². The molecule has 0 aromatic heterocycles. The predicted molar refractivity (Wildman–Crippen MR) is 66.2 cm³/mol. The van der Waals surface area contributed by atoms with Crippen LogP contribution < -0.4 is 5.73 Å². The molecule has 2 atom stereocenters. The lowest BCUT2D eigenvalue weighted by Gasteiger charge is -2.35. The Bertz CT molecular complexity index is 575. The van der Waals surface area contributed by atoms with Crippen LogP contribution in [0.15, 0.2) is 42.5 Å². The topological polar surface area (TPSA) is 26.0 Å². The minimum Gasteiger partial charge on any atom is -0.323 e. The first-order valence-corrected chi connectivity index (χ1v) is 5.96. The summed E-state index contributed by atoms with van der Waals surface area (Å²) in [7, 11) is 0. The summed E-state index contributed by atoms with van der Waals surface area (Å²) in [6, 6.07) is 11.1. The smallest absolute Gasteiger partial charge is 0.130 e. The molecule has 0 amide bonds. The summed E-state index contributed by atoms with van der Waals surface area (Å²) in [6.07, 6.45) is 0.783. The standard InChI is InChI=1S/C15H13F2N/c16-12-6-3-7-13(17)14(12)15(18)11-8-9-4-1-2-5-10(9)11/h1-7,11,15H,8,18H2. The quantitative estimate of drug-likeness (QED) is 0.863. The molecule has 2 aromatic rings. The van der Waals surface area contributed by atoms with Gasteiger partial charge in [0, 0.05) is 17.5 Å². The Balaban J connectivity index is 1.96. The average molecular weight is 245 g/mol. The van der Waals surface area contributed by atoms with Crippen molar-refractivity contribution in [1.29, 1.82) is 0 Å². The van der Waals surface area contributed by atoms with Crippen molar-refractivity contribution in [3.05, 3.63) is 70.8 Å². The molecule has 0 spiro atoms. The maximum absolute atomic E-state index is 13.7. The number of hydrogen-bond acceptors (Lipinski definition) is 1. The Labute approximate surface area is 104 Å². The van der Waals surface area contributed by atoms with E-state index in [1.165, 1.54) is 23.8 Å². The highest BCUT2D eigenvalue weighted by atomic mass is 19.1. The molecule has 0 fully saturated rings. The van der Waals surface area contributed by atoms with Crippen molar-refractivity contribution in [2.75, 3.05) is 0 Å². The summed E-state index contributed by atoms with van der Waals surface area (Å²) in [4.78, 5) is 0. The molecule has 92 valence electrons. The lowest BCUT2D eigenvalue weighted by molar-refractivity contribution is 0.450. The van der Waals surface area contributed by atoms with Gasteiger partial charge in [-0.2, -0.15) is 0 Å². The van der Waals surface area contributed by atoms with Gasteiger partial charge in [0.05, 0.1) is 0 Å². The van der Waals surface area contributed by atoms with Crippen LogP contribution in [0.4, 0.5) is 8.78 Å². The number of rotatable bonds is 2. The van der Waals surface area contributed by atoms with Gasteiger partial charge >= 0.3 is 0 Å². The van der Waals surface area contributed by atoms with Crippen LogP contribution in [0.5, 0.6) is 0 Å². The molecule has 0 aliphatic heterocycles. The maximum Gasteiger partial charge on any atom is 0.130 e. The second-order valence-electron chi connectivity index (χ2n) is 4.67. The Kier molecular flexibility index (Phi) is 2.63. The van der Waals surface area contributed by atoms with Crippen molar-refractivity contribution in [2.45, 2.75) is 18.4 Å². The zero-order valence-corrected chi connectivity index (χ0v) is 9.74. The fourth-order valence-electron chi connectivity index (χ4n) is 2.65. The molecule has 2 aromatic carbocycles. The molecule has 18 heavy (non-hydrogen) atoms. The molecule has 0 saturated carbocycles. The summed E-state index contributed by atoms with van der Waals surface area (Å²) < 4.78 is 27.4. The van der Waals surface area contributed by atoms with Crippen molar-refractivity contribution in [1.82, 2.24) is 0 Å². The predicted octanol–water partition coefficient (Wildman–Crippen LogP) is 3.30. The molecule has 0 radical (unpaired) electrons. The van der Waals surface area contributed by atoms with E-state index in [1.54, 1.807) is 0 Å². The van der Waals surface area contributed by atoms with Crippen molar-refractivity contribution in [3.63, 3.8) is 0 Å². The highest BCUT2D eigenvalue weighted by Gasteiger charge is 2.33. The van der Waals surface area contributed by atoms with Crippen molar-refractivity contribution >= 4 is 0 Å². The molecule has 2 N–H and O–H groups in total. The first-order valence-electron chi connectivity index (χ1n) is 5.96. The van der Waals surface area contributed by atoms with Gasteiger partial charge in [-0.05, 0) is 29.7 Å². The van der Waals surface area contributed by atoms with Gasteiger partial charge < -0.3 is 5.73 Å². The zero-order chi connectivity index (χ0) is 12.7. The molecule has 0 heterocycles. The van der Waals surface area contributed by atoms with Gasteiger partial charge in [0.25, 0.3) is 0 Å².